The summed E-state index contributed by atoms with van der Waals surface area (Å²) < 4.78 is 24.5. The SMILES string of the molecule is O=C(N[C@@H]1[C@@H](OCc2ccccc2)[C@@H]2OC[C@@H](O2)[C@H]1OCc1ccccc1)c1ccccn1. The van der Waals surface area contributed by atoms with Crippen molar-refractivity contribution >= 4 is 5.91 Å². The summed E-state index contributed by atoms with van der Waals surface area (Å²) in [6.45, 7) is 1.13. The quantitative estimate of drug-likeness (QED) is 0.573. The van der Waals surface area contributed by atoms with Crippen LogP contribution in [0.2, 0.25) is 0 Å². The van der Waals surface area contributed by atoms with E-state index < -0.39 is 24.5 Å². The van der Waals surface area contributed by atoms with Crippen LogP contribution in [0.25, 0.3) is 0 Å². The second-order valence-corrected chi connectivity index (χ2v) is 8.11. The molecule has 2 aliphatic rings. The van der Waals surface area contributed by atoms with Crippen molar-refractivity contribution in [1.82, 2.24) is 10.3 Å². The highest BCUT2D eigenvalue weighted by molar-refractivity contribution is 5.92. The number of pyridine rings is 1. The Morgan fingerprint density at radius 3 is 2.15 bits per heavy atom. The zero-order valence-corrected chi connectivity index (χ0v) is 18.1. The second-order valence-electron chi connectivity index (χ2n) is 8.11. The lowest BCUT2D eigenvalue weighted by Crippen LogP contribution is -2.62. The van der Waals surface area contributed by atoms with Gasteiger partial charge >= 0.3 is 0 Å². The summed E-state index contributed by atoms with van der Waals surface area (Å²) >= 11 is 0. The van der Waals surface area contributed by atoms with Crippen molar-refractivity contribution in [1.29, 1.82) is 0 Å². The average Bonchev–Trinajstić information content (AvgIpc) is 3.30. The van der Waals surface area contributed by atoms with Crippen LogP contribution in [0.4, 0.5) is 0 Å². The Kier molecular flexibility index (Phi) is 6.73. The number of carbonyl (C=O) groups is 1. The fraction of sp³-hybridized carbons (Fsp3) is 0.308. The van der Waals surface area contributed by atoms with Crippen LogP contribution in [-0.2, 0) is 32.2 Å². The van der Waals surface area contributed by atoms with Crippen LogP contribution < -0.4 is 5.32 Å². The first kappa shape index (κ1) is 21.7. The van der Waals surface area contributed by atoms with Crippen molar-refractivity contribution in [2.75, 3.05) is 6.61 Å². The predicted molar refractivity (Wildman–Crippen MR) is 120 cm³/mol. The maximum atomic E-state index is 13.0. The predicted octanol–water partition coefficient (Wildman–Crippen LogP) is 3.11. The maximum absolute atomic E-state index is 13.0. The van der Waals surface area contributed by atoms with E-state index in [0.717, 1.165) is 11.1 Å². The van der Waals surface area contributed by atoms with Gasteiger partial charge in [-0.2, -0.15) is 0 Å². The van der Waals surface area contributed by atoms with Crippen molar-refractivity contribution in [2.45, 2.75) is 43.9 Å². The monoisotopic (exact) mass is 446 g/mol. The van der Waals surface area contributed by atoms with Crippen LogP contribution in [-0.4, -0.2) is 48.1 Å². The molecule has 170 valence electrons. The number of nitrogens with zero attached hydrogens (tertiary/aromatic N) is 1. The number of nitrogens with one attached hydrogen (secondary N) is 1. The van der Waals surface area contributed by atoms with Crippen molar-refractivity contribution < 1.29 is 23.7 Å². The molecule has 7 heteroatoms. The molecule has 0 radical (unpaired) electrons. The van der Waals surface area contributed by atoms with Crippen LogP contribution in [0.5, 0.6) is 0 Å². The van der Waals surface area contributed by atoms with Crippen LogP contribution in [0.15, 0.2) is 85.1 Å². The van der Waals surface area contributed by atoms with Crippen LogP contribution in [0, 0.1) is 0 Å². The first-order valence-corrected chi connectivity index (χ1v) is 11.1. The van der Waals surface area contributed by atoms with E-state index in [1.165, 1.54) is 0 Å². The van der Waals surface area contributed by atoms with E-state index in [0.29, 0.717) is 25.5 Å². The Balaban J connectivity index is 1.37. The molecule has 5 atom stereocenters. The van der Waals surface area contributed by atoms with Crippen LogP contribution in [0.1, 0.15) is 21.6 Å². The molecule has 0 unspecified atom stereocenters. The molecule has 33 heavy (non-hydrogen) atoms. The number of aromatic nitrogens is 1. The van der Waals surface area contributed by atoms with Gasteiger partial charge in [0.2, 0.25) is 0 Å². The summed E-state index contributed by atoms with van der Waals surface area (Å²) in [5.74, 6) is -0.288. The standard InChI is InChI=1S/C26H26N2O5/c29-25(20-13-7-8-14-27-20)28-22-23(30-15-18-9-3-1-4-10-18)21-17-32-26(33-21)24(22)31-16-19-11-5-2-6-12-19/h1-14,21-24,26H,15-17H2,(H,28,29)/t21-,22+,23-,24-,26-/m1/s1. The van der Waals surface area contributed by atoms with Crippen molar-refractivity contribution in [3.8, 4) is 0 Å². The van der Waals surface area contributed by atoms with E-state index in [2.05, 4.69) is 10.3 Å². The van der Waals surface area contributed by atoms with Gasteiger partial charge in [0.15, 0.2) is 6.29 Å². The summed E-state index contributed by atoms with van der Waals surface area (Å²) in [5, 5.41) is 3.10. The Hall–Kier alpha value is -3.10. The van der Waals surface area contributed by atoms with Crippen molar-refractivity contribution in [3.63, 3.8) is 0 Å². The number of hydrogen-bond donors (Lipinski definition) is 1. The number of benzene rings is 2. The molecular formula is C26H26N2O5. The molecule has 7 nitrogen and oxygen atoms in total. The van der Waals surface area contributed by atoms with E-state index in [1.54, 1.807) is 24.4 Å². The molecule has 0 aliphatic carbocycles. The van der Waals surface area contributed by atoms with E-state index in [-0.39, 0.29) is 12.0 Å². The summed E-state index contributed by atoms with van der Waals surface area (Å²) in [5.41, 5.74) is 2.39. The molecule has 2 saturated heterocycles. The second kappa shape index (κ2) is 10.2. The molecule has 0 spiro atoms. The summed E-state index contributed by atoms with van der Waals surface area (Å²) in [6.07, 6.45) is -0.276. The minimum Gasteiger partial charge on any atom is -0.368 e. The summed E-state index contributed by atoms with van der Waals surface area (Å²) in [4.78, 5) is 17.2. The smallest absolute Gasteiger partial charge is 0.270 e. The van der Waals surface area contributed by atoms with Gasteiger partial charge in [-0.3, -0.25) is 9.78 Å². The van der Waals surface area contributed by atoms with E-state index >= 15 is 0 Å². The lowest BCUT2D eigenvalue weighted by molar-refractivity contribution is -0.223. The molecule has 2 fully saturated rings. The highest BCUT2D eigenvalue weighted by Gasteiger charge is 2.52. The number of amides is 1. The lowest BCUT2D eigenvalue weighted by Gasteiger charge is -2.41. The zero-order valence-electron chi connectivity index (χ0n) is 18.1. The minimum absolute atomic E-state index is 0.288. The highest BCUT2D eigenvalue weighted by Crippen LogP contribution is 2.33. The number of rotatable bonds is 8. The molecule has 0 saturated carbocycles. The Labute approximate surface area is 192 Å². The first-order chi connectivity index (χ1) is 16.3. The fourth-order valence-corrected chi connectivity index (χ4v) is 4.19. The third-order valence-corrected chi connectivity index (χ3v) is 5.84. The van der Waals surface area contributed by atoms with Crippen LogP contribution in [0.3, 0.4) is 0 Å². The van der Waals surface area contributed by atoms with Crippen LogP contribution >= 0.6 is 0 Å². The molecule has 2 aromatic carbocycles. The highest BCUT2D eigenvalue weighted by atomic mass is 16.8. The fourth-order valence-electron chi connectivity index (χ4n) is 4.19. The number of ether oxygens (including phenoxy) is 4. The normalized spacial score (nSPS) is 26.1. The lowest BCUT2D eigenvalue weighted by atomic mass is 9.97. The van der Waals surface area contributed by atoms with Gasteiger partial charge in [0.05, 0.1) is 25.9 Å². The van der Waals surface area contributed by atoms with Gasteiger partial charge in [0.1, 0.15) is 24.0 Å². The van der Waals surface area contributed by atoms with Gasteiger partial charge in [-0.25, -0.2) is 0 Å². The van der Waals surface area contributed by atoms with Crippen molar-refractivity contribution in [3.05, 3.63) is 102 Å². The minimum atomic E-state index is -0.579. The average molecular weight is 447 g/mol. The van der Waals surface area contributed by atoms with Gasteiger partial charge in [-0.05, 0) is 23.3 Å². The Bertz CT molecular complexity index is 977. The van der Waals surface area contributed by atoms with Crippen molar-refractivity contribution in [2.24, 2.45) is 0 Å². The Morgan fingerprint density at radius 2 is 1.52 bits per heavy atom. The van der Waals surface area contributed by atoms with Gasteiger partial charge in [-0.15, -0.1) is 0 Å². The molecule has 1 amide bonds. The first-order valence-electron chi connectivity index (χ1n) is 11.1. The third kappa shape index (κ3) is 5.12. The molecule has 3 aromatic rings. The maximum Gasteiger partial charge on any atom is 0.270 e. The molecule has 1 N–H and O–H groups in total. The molecule has 2 bridgehead atoms. The molecule has 3 heterocycles. The Morgan fingerprint density at radius 1 is 0.879 bits per heavy atom. The zero-order chi connectivity index (χ0) is 22.5. The summed E-state index contributed by atoms with van der Waals surface area (Å²) in [7, 11) is 0. The van der Waals surface area contributed by atoms with Gasteiger partial charge in [0.25, 0.3) is 5.91 Å². The van der Waals surface area contributed by atoms with E-state index in [9.17, 15) is 4.79 Å². The molecule has 1 aromatic heterocycles. The number of carbonyl (C=O) groups excluding carboxylic acids is 1. The number of fused-ring (bicyclic) bond motifs is 2. The van der Waals surface area contributed by atoms with E-state index in [1.807, 2.05) is 60.7 Å². The topological polar surface area (TPSA) is 78.9 Å². The molecule has 5 rings (SSSR count). The van der Waals surface area contributed by atoms with Gasteiger partial charge < -0.3 is 24.3 Å². The molecule has 2 aliphatic heterocycles. The van der Waals surface area contributed by atoms with Gasteiger partial charge in [0, 0.05) is 6.20 Å². The summed E-state index contributed by atoms with van der Waals surface area (Å²) in [6, 6.07) is 24.5. The largest absolute Gasteiger partial charge is 0.368 e. The van der Waals surface area contributed by atoms with E-state index in [4.69, 9.17) is 18.9 Å². The number of hydrogen-bond acceptors (Lipinski definition) is 6. The third-order valence-electron chi connectivity index (χ3n) is 5.84. The molecular weight excluding hydrogens is 420 g/mol. The van der Waals surface area contributed by atoms with Gasteiger partial charge in [-0.1, -0.05) is 66.7 Å².